The highest BCUT2D eigenvalue weighted by molar-refractivity contribution is 6.05. The third-order valence-corrected chi connectivity index (χ3v) is 3.24. The molecule has 22 heavy (non-hydrogen) atoms. The van der Waals surface area contributed by atoms with Crippen molar-refractivity contribution in [2.24, 2.45) is 0 Å². The van der Waals surface area contributed by atoms with Crippen LogP contribution in [0.3, 0.4) is 0 Å². The number of carbonyl (C=O) groups excluding carboxylic acids is 1. The smallest absolute Gasteiger partial charge is 0.258 e. The molecule has 0 saturated carbocycles. The van der Waals surface area contributed by atoms with E-state index in [2.05, 4.69) is 5.32 Å². The first-order valence-electron chi connectivity index (χ1n) is 6.82. The average Bonchev–Trinajstić information content (AvgIpc) is 2.48. The van der Waals surface area contributed by atoms with Crippen molar-refractivity contribution in [2.75, 3.05) is 19.4 Å². The molecule has 2 aromatic rings. The molecule has 0 aliphatic carbocycles. The molecule has 0 heterocycles. The van der Waals surface area contributed by atoms with Gasteiger partial charge in [-0.15, -0.1) is 0 Å². The highest BCUT2D eigenvalue weighted by atomic mass is 19.1. The summed E-state index contributed by atoms with van der Waals surface area (Å²) in [5.74, 6) is -0.970. The van der Waals surface area contributed by atoms with E-state index in [0.29, 0.717) is 11.3 Å². The summed E-state index contributed by atoms with van der Waals surface area (Å²) in [5, 5.41) is 10.5. The van der Waals surface area contributed by atoms with Crippen molar-refractivity contribution in [2.45, 2.75) is 6.92 Å². The van der Waals surface area contributed by atoms with Gasteiger partial charge in [0.15, 0.2) is 0 Å². The molecule has 5 heteroatoms. The molecule has 0 bridgehead atoms. The Morgan fingerprint density at radius 1 is 1.14 bits per heavy atom. The number of hydrogen-bond donors (Lipinski definition) is 2. The Morgan fingerprint density at radius 2 is 1.77 bits per heavy atom. The third-order valence-electron chi connectivity index (χ3n) is 3.24. The molecule has 2 rings (SSSR count). The highest BCUT2D eigenvalue weighted by Crippen LogP contribution is 2.15. The van der Waals surface area contributed by atoms with Crippen LogP contribution in [-0.2, 0) is 0 Å². The van der Waals surface area contributed by atoms with Crippen LogP contribution >= 0.6 is 0 Å². The van der Waals surface area contributed by atoms with Gasteiger partial charge in [0.25, 0.3) is 5.91 Å². The molecular weight excluding hydrogens is 281 g/mol. The molecule has 114 valence electrons. The zero-order valence-corrected chi connectivity index (χ0v) is 12.8. The fourth-order valence-corrected chi connectivity index (χ4v) is 1.94. The minimum absolute atomic E-state index is 0.0455. The van der Waals surface area contributed by atoms with Gasteiger partial charge < -0.3 is 10.2 Å². The Labute approximate surface area is 129 Å². The molecule has 2 N–H and O–H groups in total. The van der Waals surface area contributed by atoms with Gasteiger partial charge in [-0.2, -0.15) is 0 Å². The van der Waals surface area contributed by atoms with Crippen molar-refractivity contribution >= 4 is 17.4 Å². The van der Waals surface area contributed by atoms with Crippen LogP contribution in [0, 0.1) is 18.2 Å². The maximum atomic E-state index is 14.1. The van der Waals surface area contributed by atoms with Gasteiger partial charge in [-0.05, 0) is 31.2 Å². The summed E-state index contributed by atoms with van der Waals surface area (Å²) in [6.45, 7) is 1.95. The normalized spacial score (nSPS) is 10.2. The van der Waals surface area contributed by atoms with Crippen molar-refractivity contribution < 1.29 is 9.18 Å². The molecule has 0 fully saturated rings. The molecule has 0 aliphatic heterocycles. The van der Waals surface area contributed by atoms with Crippen LogP contribution in [0.1, 0.15) is 21.5 Å². The Morgan fingerprint density at radius 3 is 2.32 bits per heavy atom. The maximum absolute atomic E-state index is 14.1. The maximum Gasteiger partial charge on any atom is 0.258 e. The van der Waals surface area contributed by atoms with E-state index in [1.54, 1.807) is 37.2 Å². The number of carbonyl (C=O) groups is 1. The fraction of sp³-hybridized carbons (Fsp3) is 0.176. The number of amidine groups is 1. The number of anilines is 1. The molecule has 0 aliphatic rings. The lowest BCUT2D eigenvalue weighted by Gasteiger charge is -2.14. The second kappa shape index (κ2) is 6.39. The van der Waals surface area contributed by atoms with Crippen LogP contribution in [0.5, 0.6) is 0 Å². The quantitative estimate of drug-likeness (QED) is 0.675. The molecule has 0 radical (unpaired) electrons. The number of halogens is 1. The summed E-state index contributed by atoms with van der Waals surface area (Å²) >= 11 is 0. The van der Waals surface area contributed by atoms with Gasteiger partial charge in [0, 0.05) is 25.3 Å². The topological polar surface area (TPSA) is 56.2 Å². The zero-order chi connectivity index (χ0) is 16.3. The lowest BCUT2D eigenvalue weighted by molar-refractivity contribution is 0.102. The molecule has 0 aromatic heterocycles. The van der Waals surface area contributed by atoms with Gasteiger partial charge in [0.2, 0.25) is 0 Å². The number of aryl methyl sites for hydroxylation is 1. The molecular formula is C17H18FN3O. The van der Waals surface area contributed by atoms with Gasteiger partial charge in [0.05, 0.1) is 5.56 Å². The van der Waals surface area contributed by atoms with Crippen molar-refractivity contribution in [1.82, 2.24) is 4.90 Å². The molecule has 0 spiro atoms. The number of nitrogens with one attached hydrogen (secondary N) is 2. The van der Waals surface area contributed by atoms with E-state index >= 15 is 0 Å². The second-order valence-corrected chi connectivity index (χ2v) is 5.26. The van der Waals surface area contributed by atoms with Crippen LogP contribution in [0.25, 0.3) is 0 Å². The Kier molecular flexibility index (Phi) is 4.56. The predicted molar refractivity (Wildman–Crippen MR) is 86.0 cm³/mol. The average molecular weight is 299 g/mol. The van der Waals surface area contributed by atoms with Crippen molar-refractivity contribution in [3.63, 3.8) is 0 Å². The summed E-state index contributed by atoms with van der Waals surface area (Å²) in [5.41, 5.74) is 2.07. The van der Waals surface area contributed by atoms with Crippen LogP contribution in [0.4, 0.5) is 10.1 Å². The van der Waals surface area contributed by atoms with Crippen LogP contribution < -0.4 is 5.32 Å². The monoisotopic (exact) mass is 299 g/mol. The summed E-state index contributed by atoms with van der Waals surface area (Å²) in [6, 6.07) is 11.4. The number of hydrogen-bond acceptors (Lipinski definition) is 2. The van der Waals surface area contributed by atoms with Gasteiger partial charge in [-0.3, -0.25) is 10.2 Å². The molecule has 4 nitrogen and oxygen atoms in total. The van der Waals surface area contributed by atoms with E-state index in [0.717, 1.165) is 5.56 Å². The van der Waals surface area contributed by atoms with Gasteiger partial charge in [0.1, 0.15) is 11.7 Å². The number of nitrogens with zero attached hydrogens (tertiary/aromatic N) is 1. The third kappa shape index (κ3) is 3.49. The Hall–Kier alpha value is -2.69. The van der Waals surface area contributed by atoms with Gasteiger partial charge in [-0.25, -0.2) is 4.39 Å². The van der Waals surface area contributed by atoms with Gasteiger partial charge in [-0.1, -0.05) is 23.8 Å². The molecule has 0 unspecified atom stereocenters. The molecule has 2 aromatic carbocycles. The van der Waals surface area contributed by atoms with Crippen molar-refractivity contribution in [3.8, 4) is 0 Å². The van der Waals surface area contributed by atoms with E-state index in [-0.39, 0.29) is 11.4 Å². The summed E-state index contributed by atoms with van der Waals surface area (Å²) in [6.07, 6.45) is 0. The molecule has 1 amide bonds. The van der Waals surface area contributed by atoms with E-state index in [1.807, 2.05) is 19.1 Å². The van der Waals surface area contributed by atoms with Crippen molar-refractivity contribution in [1.29, 1.82) is 5.41 Å². The number of benzene rings is 2. The molecule has 0 saturated heterocycles. The van der Waals surface area contributed by atoms with E-state index < -0.39 is 11.7 Å². The first kappa shape index (κ1) is 15.7. The predicted octanol–water partition coefficient (Wildman–Crippen LogP) is 3.27. The van der Waals surface area contributed by atoms with Crippen LogP contribution in [0.15, 0.2) is 42.5 Å². The minimum atomic E-state index is -0.645. The summed E-state index contributed by atoms with van der Waals surface area (Å²) < 4.78 is 14.1. The second-order valence-electron chi connectivity index (χ2n) is 5.26. The lowest BCUT2D eigenvalue weighted by atomic mass is 10.1. The summed E-state index contributed by atoms with van der Waals surface area (Å²) in [7, 11) is 3.41. The van der Waals surface area contributed by atoms with Gasteiger partial charge >= 0.3 is 0 Å². The molecule has 0 atom stereocenters. The number of rotatable bonds is 3. The Balaban J connectivity index is 2.20. The number of amides is 1. The standard InChI is InChI=1S/C17H18FN3O/c1-11-4-7-13(8-5-11)20-17(22)14-9-6-12(10-15(14)18)16(19)21(2)3/h4-10,19H,1-3H3,(H,20,22). The first-order valence-corrected chi connectivity index (χ1v) is 6.82. The van der Waals surface area contributed by atoms with E-state index in [4.69, 9.17) is 5.41 Å². The summed E-state index contributed by atoms with van der Waals surface area (Å²) in [4.78, 5) is 13.7. The van der Waals surface area contributed by atoms with E-state index in [1.165, 1.54) is 12.1 Å². The minimum Gasteiger partial charge on any atom is -0.363 e. The highest BCUT2D eigenvalue weighted by Gasteiger charge is 2.14. The van der Waals surface area contributed by atoms with Crippen LogP contribution in [0.2, 0.25) is 0 Å². The van der Waals surface area contributed by atoms with Crippen LogP contribution in [-0.4, -0.2) is 30.7 Å². The largest absolute Gasteiger partial charge is 0.363 e. The Bertz CT molecular complexity index is 708. The van der Waals surface area contributed by atoms with E-state index in [9.17, 15) is 9.18 Å². The SMILES string of the molecule is Cc1ccc(NC(=O)c2ccc(C(=N)N(C)C)cc2F)cc1. The first-order chi connectivity index (χ1) is 10.4. The lowest BCUT2D eigenvalue weighted by Crippen LogP contribution is -2.22. The zero-order valence-electron chi connectivity index (χ0n) is 12.8. The van der Waals surface area contributed by atoms with Crippen molar-refractivity contribution in [3.05, 3.63) is 65.0 Å². The fourth-order valence-electron chi connectivity index (χ4n) is 1.94.